The fourth-order valence-electron chi connectivity index (χ4n) is 2.17. The fraction of sp³-hybridized carbons (Fsp3) is 0.429. The van der Waals surface area contributed by atoms with Crippen LogP contribution >= 0.6 is 0 Å². The quantitative estimate of drug-likeness (QED) is 0.163. The zero-order valence-corrected chi connectivity index (χ0v) is 13.3. The number of aliphatic carboxylic acids is 1. The third kappa shape index (κ3) is 6.92. The average molecular weight is 339 g/mol. The third-order valence-corrected chi connectivity index (χ3v) is 3.34. The molecule has 10 nitrogen and oxygen atoms in total. The standard InChI is InChI=1S/C14H21N5O5/c1-18(9-10-4-6-11(20)7-5-10)12(13(21)22)3-2-8-16-14(15)17-19(23)24/h4-7,12,20H,2-3,8-9H2,1H3,(H,21,22)(H3,15,16,17)/t12-/m1/s1. The highest BCUT2D eigenvalue weighted by molar-refractivity contribution is 5.77. The second-order valence-electron chi connectivity index (χ2n) is 5.23. The average Bonchev–Trinajstić information content (AvgIpc) is 2.48. The van der Waals surface area contributed by atoms with Crippen LogP contribution in [0.2, 0.25) is 0 Å². The van der Waals surface area contributed by atoms with Crippen molar-refractivity contribution < 1.29 is 20.0 Å². The summed E-state index contributed by atoms with van der Waals surface area (Å²) in [5.74, 6) is -1.12. The number of aromatic hydroxyl groups is 1. The van der Waals surface area contributed by atoms with Gasteiger partial charge in [0.25, 0.3) is 5.96 Å². The molecule has 0 fully saturated rings. The first-order chi connectivity index (χ1) is 11.3. The van der Waals surface area contributed by atoms with Gasteiger partial charge in [0.2, 0.25) is 0 Å². The number of likely N-dealkylation sites (N-methyl/N-ethyl adjacent to an activating group) is 1. The molecule has 1 aromatic carbocycles. The van der Waals surface area contributed by atoms with Gasteiger partial charge in [-0.05, 0) is 37.6 Å². The maximum absolute atomic E-state index is 11.4. The van der Waals surface area contributed by atoms with Crippen molar-refractivity contribution in [1.29, 1.82) is 0 Å². The molecular formula is C14H21N5O5. The van der Waals surface area contributed by atoms with Gasteiger partial charge < -0.3 is 21.3 Å². The molecule has 0 amide bonds. The molecule has 0 bridgehead atoms. The maximum Gasteiger partial charge on any atom is 0.320 e. The van der Waals surface area contributed by atoms with Crippen molar-refractivity contribution in [3.63, 3.8) is 0 Å². The van der Waals surface area contributed by atoms with Crippen molar-refractivity contribution in [3.05, 3.63) is 39.9 Å². The van der Waals surface area contributed by atoms with E-state index in [9.17, 15) is 25.1 Å². The molecule has 0 heterocycles. The van der Waals surface area contributed by atoms with E-state index >= 15 is 0 Å². The van der Waals surface area contributed by atoms with E-state index in [1.165, 1.54) is 0 Å². The van der Waals surface area contributed by atoms with Crippen molar-refractivity contribution in [2.45, 2.75) is 25.4 Å². The predicted molar refractivity (Wildman–Crippen MR) is 86.9 cm³/mol. The predicted octanol–water partition coefficient (Wildman–Crippen LogP) is 0.153. The number of nitro groups is 1. The summed E-state index contributed by atoms with van der Waals surface area (Å²) in [6.45, 7) is 0.690. The largest absolute Gasteiger partial charge is 0.508 e. The van der Waals surface area contributed by atoms with E-state index in [4.69, 9.17) is 5.73 Å². The molecule has 10 heteroatoms. The highest BCUT2D eigenvalue weighted by atomic mass is 16.7. The number of carbonyl (C=O) groups is 1. The van der Waals surface area contributed by atoms with Crippen LogP contribution < -0.4 is 11.1 Å². The third-order valence-electron chi connectivity index (χ3n) is 3.34. The molecule has 1 rings (SSSR count). The molecule has 0 aliphatic heterocycles. The lowest BCUT2D eigenvalue weighted by atomic mass is 10.1. The zero-order valence-electron chi connectivity index (χ0n) is 13.3. The number of benzene rings is 1. The Balaban J connectivity index is 2.49. The van der Waals surface area contributed by atoms with Crippen molar-refractivity contribution in [1.82, 2.24) is 10.2 Å². The van der Waals surface area contributed by atoms with Crippen LogP contribution in [0.5, 0.6) is 5.75 Å². The number of carboxylic acids is 1. The molecule has 132 valence electrons. The van der Waals surface area contributed by atoms with Crippen molar-refractivity contribution >= 4 is 11.9 Å². The SMILES string of the molecule is CN(Cc1ccc(O)cc1)[C@H](CCCNC(N)=N[N+](=O)[O-])C(=O)O. The van der Waals surface area contributed by atoms with E-state index in [0.29, 0.717) is 19.4 Å². The summed E-state index contributed by atoms with van der Waals surface area (Å²) >= 11 is 0. The van der Waals surface area contributed by atoms with Gasteiger partial charge in [-0.2, -0.15) is 0 Å². The van der Waals surface area contributed by atoms with E-state index < -0.39 is 17.0 Å². The molecule has 0 radical (unpaired) electrons. The van der Waals surface area contributed by atoms with E-state index in [2.05, 4.69) is 10.4 Å². The van der Waals surface area contributed by atoms with Gasteiger partial charge in [-0.1, -0.05) is 12.1 Å². The summed E-state index contributed by atoms with van der Waals surface area (Å²) in [7, 11) is 1.70. The smallest absolute Gasteiger partial charge is 0.320 e. The Bertz CT molecular complexity index is 590. The van der Waals surface area contributed by atoms with Gasteiger partial charge in [-0.25, -0.2) is 10.1 Å². The van der Waals surface area contributed by atoms with Gasteiger partial charge >= 0.3 is 5.97 Å². The van der Waals surface area contributed by atoms with E-state index in [-0.39, 0.29) is 18.3 Å². The summed E-state index contributed by atoms with van der Waals surface area (Å²) in [5.41, 5.74) is 6.15. The number of nitrogens with zero attached hydrogens (tertiary/aromatic N) is 3. The number of phenols is 1. The van der Waals surface area contributed by atoms with Gasteiger partial charge in [-0.3, -0.25) is 9.69 Å². The Morgan fingerprint density at radius 1 is 1.46 bits per heavy atom. The van der Waals surface area contributed by atoms with E-state index in [1.807, 2.05) is 0 Å². The molecule has 0 aliphatic rings. The molecule has 0 spiro atoms. The van der Waals surface area contributed by atoms with Crippen LogP contribution in [0, 0.1) is 10.1 Å². The molecule has 0 aromatic heterocycles. The van der Waals surface area contributed by atoms with Crippen molar-refractivity contribution in [2.24, 2.45) is 10.8 Å². The second kappa shape index (κ2) is 9.30. The van der Waals surface area contributed by atoms with E-state index in [0.717, 1.165) is 5.56 Å². The molecule has 0 unspecified atom stereocenters. The van der Waals surface area contributed by atoms with E-state index in [1.54, 1.807) is 36.2 Å². The summed E-state index contributed by atoms with van der Waals surface area (Å²) in [5, 5.41) is 33.3. The van der Waals surface area contributed by atoms with Gasteiger partial charge in [-0.15, -0.1) is 0 Å². The Morgan fingerprint density at radius 3 is 2.62 bits per heavy atom. The van der Waals surface area contributed by atoms with Crippen LogP contribution in [-0.4, -0.2) is 51.7 Å². The number of nitrogens with two attached hydrogens (primary N) is 1. The Labute approximate surface area is 138 Å². The number of hydrazone groups is 1. The number of rotatable bonds is 9. The highest BCUT2D eigenvalue weighted by Gasteiger charge is 2.22. The minimum Gasteiger partial charge on any atom is -0.508 e. The van der Waals surface area contributed by atoms with Crippen LogP contribution in [0.15, 0.2) is 29.4 Å². The van der Waals surface area contributed by atoms with Gasteiger partial charge in [0, 0.05) is 13.1 Å². The number of nitrogens with one attached hydrogen (secondary N) is 1. The van der Waals surface area contributed by atoms with Gasteiger partial charge in [0.05, 0.1) is 0 Å². The lowest BCUT2D eigenvalue weighted by molar-refractivity contribution is -0.485. The summed E-state index contributed by atoms with van der Waals surface area (Å²) < 4.78 is 0. The monoisotopic (exact) mass is 339 g/mol. The van der Waals surface area contributed by atoms with Gasteiger partial charge in [0.1, 0.15) is 16.9 Å². The second-order valence-corrected chi connectivity index (χ2v) is 5.23. The molecular weight excluding hydrogens is 318 g/mol. The minimum absolute atomic E-state index is 0.149. The highest BCUT2D eigenvalue weighted by Crippen LogP contribution is 2.14. The lowest BCUT2D eigenvalue weighted by Crippen LogP contribution is -2.39. The van der Waals surface area contributed by atoms with Crippen LogP contribution in [-0.2, 0) is 11.3 Å². The first-order valence-corrected chi connectivity index (χ1v) is 7.23. The summed E-state index contributed by atoms with van der Waals surface area (Å²) in [4.78, 5) is 23.2. The topological polar surface area (TPSA) is 154 Å². The molecule has 5 N–H and O–H groups in total. The van der Waals surface area contributed by atoms with Gasteiger partial charge in [0.15, 0.2) is 5.03 Å². The number of carboxylic acid groups (broad SMARTS) is 1. The molecule has 1 aromatic rings. The number of hydrogen-bond acceptors (Lipinski definition) is 5. The molecule has 24 heavy (non-hydrogen) atoms. The Kier molecular flexibility index (Phi) is 7.43. The Morgan fingerprint density at radius 2 is 2.08 bits per heavy atom. The normalized spacial score (nSPS) is 12.8. The summed E-state index contributed by atoms with van der Waals surface area (Å²) in [6, 6.07) is 5.82. The number of phenolic OH excluding ortho intramolecular Hbond substituents is 1. The first-order valence-electron chi connectivity index (χ1n) is 7.23. The molecule has 0 aliphatic carbocycles. The van der Waals surface area contributed by atoms with Crippen molar-refractivity contribution in [3.8, 4) is 5.75 Å². The van der Waals surface area contributed by atoms with Crippen LogP contribution in [0.1, 0.15) is 18.4 Å². The lowest BCUT2D eigenvalue weighted by Gasteiger charge is -2.24. The van der Waals surface area contributed by atoms with Crippen LogP contribution in [0.4, 0.5) is 0 Å². The first kappa shape index (κ1) is 19.2. The number of guanidine groups is 1. The molecule has 0 saturated heterocycles. The Hall–Kier alpha value is -2.88. The minimum atomic E-state index is -0.955. The maximum atomic E-state index is 11.4. The summed E-state index contributed by atoms with van der Waals surface area (Å²) in [6.07, 6.45) is 0.785. The molecule has 0 saturated carbocycles. The van der Waals surface area contributed by atoms with Crippen LogP contribution in [0.3, 0.4) is 0 Å². The number of hydrogen-bond donors (Lipinski definition) is 4. The fourth-order valence-corrected chi connectivity index (χ4v) is 2.17. The van der Waals surface area contributed by atoms with Crippen LogP contribution in [0.25, 0.3) is 0 Å². The molecule has 1 atom stereocenters. The zero-order chi connectivity index (χ0) is 18.1. The van der Waals surface area contributed by atoms with Crippen molar-refractivity contribution in [2.75, 3.05) is 13.6 Å².